The molecule has 1 rings (SSSR count). The van der Waals surface area contributed by atoms with Gasteiger partial charge >= 0.3 is 0 Å². The van der Waals surface area contributed by atoms with Crippen molar-refractivity contribution < 1.29 is 9.60 Å². The topological polar surface area (TPSA) is 61.8 Å². The second-order valence-electron chi connectivity index (χ2n) is 4.88. The van der Waals surface area contributed by atoms with Gasteiger partial charge in [-0.3, -0.25) is 0 Å². The van der Waals surface area contributed by atoms with E-state index in [-0.39, 0.29) is 5.84 Å². The molecule has 0 bridgehead atoms. The Morgan fingerprint density at radius 1 is 1.50 bits per heavy atom. The first kappa shape index (κ1) is 14.4. The summed E-state index contributed by atoms with van der Waals surface area (Å²) < 4.78 is 13.2. The molecule has 0 amide bonds. The van der Waals surface area contributed by atoms with E-state index in [4.69, 9.17) is 10.9 Å². The molecule has 5 heteroatoms. The molecule has 1 aromatic carbocycles. The molecule has 0 aliphatic rings. The number of benzene rings is 1. The predicted molar refractivity (Wildman–Crippen MR) is 70.1 cm³/mol. The summed E-state index contributed by atoms with van der Waals surface area (Å²) in [6.07, 6.45) is 0. The number of hydrogen-bond acceptors (Lipinski definition) is 3. The summed E-state index contributed by atoms with van der Waals surface area (Å²) in [7, 11) is 1.99. The monoisotopic (exact) mass is 253 g/mol. The summed E-state index contributed by atoms with van der Waals surface area (Å²) in [6.45, 7) is 5.81. The molecule has 0 spiro atoms. The van der Waals surface area contributed by atoms with Crippen LogP contribution < -0.4 is 5.73 Å². The third-order valence-electron chi connectivity index (χ3n) is 2.57. The number of nitrogens with zero attached hydrogens (tertiary/aromatic N) is 2. The van der Waals surface area contributed by atoms with Crippen molar-refractivity contribution in [3.05, 3.63) is 35.1 Å². The number of halogens is 1. The first-order valence-corrected chi connectivity index (χ1v) is 5.89. The molecular formula is C13H20FN3O. The first-order valence-electron chi connectivity index (χ1n) is 5.89. The minimum Gasteiger partial charge on any atom is -0.409 e. The zero-order valence-corrected chi connectivity index (χ0v) is 11.0. The molecule has 0 aliphatic carbocycles. The summed E-state index contributed by atoms with van der Waals surface area (Å²) in [6, 6.07) is 4.33. The Morgan fingerprint density at radius 3 is 2.72 bits per heavy atom. The van der Waals surface area contributed by atoms with Crippen molar-refractivity contribution in [3.8, 4) is 0 Å². The molecule has 0 saturated heterocycles. The Labute approximate surface area is 107 Å². The summed E-state index contributed by atoms with van der Waals surface area (Å²) in [4.78, 5) is 2.12. The third-order valence-corrected chi connectivity index (χ3v) is 2.57. The molecule has 0 atom stereocenters. The Balaban J connectivity index is 2.94. The van der Waals surface area contributed by atoms with E-state index in [2.05, 4.69) is 23.9 Å². The molecule has 0 saturated carbocycles. The molecule has 4 nitrogen and oxygen atoms in total. The number of rotatable bonds is 5. The van der Waals surface area contributed by atoms with Gasteiger partial charge in [0.05, 0.1) is 0 Å². The highest BCUT2D eigenvalue weighted by Gasteiger charge is 2.11. The highest BCUT2D eigenvalue weighted by Crippen LogP contribution is 2.14. The predicted octanol–water partition coefficient (Wildman–Crippen LogP) is 2.01. The van der Waals surface area contributed by atoms with Crippen molar-refractivity contribution in [2.75, 3.05) is 13.6 Å². The van der Waals surface area contributed by atoms with Gasteiger partial charge in [-0.1, -0.05) is 25.1 Å². The second kappa shape index (κ2) is 6.35. The van der Waals surface area contributed by atoms with Crippen LogP contribution in [0.5, 0.6) is 0 Å². The van der Waals surface area contributed by atoms with Crippen molar-refractivity contribution in [1.82, 2.24) is 4.90 Å². The van der Waals surface area contributed by atoms with E-state index in [1.807, 2.05) is 7.05 Å². The van der Waals surface area contributed by atoms with E-state index in [1.165, 1.54) is 12.1 Å². The Hall–Kier alpha value is -1.62. The van der Waals surface area contributed by atoms with Crippen molar-refractivity contribution in [2.24, 2.45) is 16.8 Å². The first-order chi connectivity index (χ1) is 8.43. The maximum atomic E-state index is 13.2. The average molecular weight is 253 g/mol. The standard InChI is InChI=1S/C13H20FN3O/c1-9(2)7-17(3)8-10-4-5-11(14)6-12(10)13(15)16-18/h4-6,9,18H,7-8H2,1-3H3,(H2,15,16). The molecule has 3 N–H and O–H groups in total. The summed E-state index contributed by atoms with van der Waals surface area (Å²) in [5.41, 5.74) is 6.84. The number of nitrogens with two attached hydrogens (primary N) is 1. The lowest BCUT2D eigenvalue weighted by molar-refractivity contribution is 0.288. The van der Waals surface area contributed by atoms with E-state index in [9.17, 15) is 4.39 Å². The molecule has 18 heavy (non-hydrogen) atoms. The smallest absolute Gasteiger partial charge is 0.170 e. The van der Waals surface area contributed by atoms with Gasteiger partial charge in [-0.15, -0.1) is 0 Å². The Kier molecular flexibility index (Phi) is 5.09. The van der Waals surface area contributed by atoms with Gasteiger partial charge in [0.15, 0.2) is 5.84 Å². The lowest BCUT2D eigenvalue weighted by Crippen LogP contribution is -2.25. The maximum Gasteiger partial charge on any atom is 0.170 e. The highest BCUT2D eigenvalue weighted by atomic mass is 19.1. The summed E-state index contributed by atoms with van der Waals surface area (Å²) in [5, 5.41) is 11.6. The molecule has 1 aromatic rings. The van der Waals surface area contributed by atoms with Crippen molar-refractivity contribution in [2.45, 2.75) is 20.4 Å². The van der Waals surface area contributed by atoms with Gasteiger partial charge in [-0.2, -0.15) is 0 Å². The largest absolute Gasteiger partial charge is 0.409 e. The molecule has 0 radical (unpaired) electrons. The quantitative estimate of drug-likeness (QED) is 0.365. The van der Waals surface area contributed by atoms with Crippen LogP contribution in [-0.2, 0) is 6.54 Å². The normalized spacial score (nSPS) is 12.4. The molecular weight excluding hydrogens is 233 g/mol. The van der Waals surface area contributed by atoms with Crippen LogP contribution in [0.25, 0.3) is 0 Å². The second-order valence-corrected chi connectivity index (χ2v) is 4.88. The molecule has 0 fully saturated rings. The SMILES string of the molecule is CC(C)CN(C)Cc1ccc(F)cc1/C(N)=N/O. The van der Waals surface area contributed by atoms with Crippen molar-refractivity contribution in [1.29, 1.82) is 0 Å². The van der Waals surface area contributed by atoms with Crippen LogP contribution in [0.15, 0.2) is 23.4 Å². The fourth-order valence-electron chi connectivity index (χ4n) is 1.96. The van der Waals surface area contributed by atoms with Gasteiger partial charge in [0.2, 0.25) is 0 Å². The molecule has 0 aliphatic heterocycles. The Bertz CT molecular complexity index is 432. The average Bonchev–Trinajstić information content (AvgIpc) is 2.29. The zero-order chi connectivity index (χ0) is 13.7. The van der Waals surface area contributed by atoms with Crippen molar-refractivity contribution in [3.63, 3.8) is 0 Å². The van der Waals surface area contributed by atoms with Crippen LogP contribution in [0.4, 0.5) is 4.39 Å². The van der Waals surface area contributed by atoms with Gasteiger partial charge in [0.1, 0.15) is 5.82 Å². The number of amidine groups is 1. The number of oxime groups is 1. The summed E-state index contributed by atoms with van der Waals surface area (Å²) in [5.74, 6) is 0.0806. The number of hydrogen-bond donors (Lipinski definition) is 2. The highest BCUT2D eigenvalue weighted by molar-refractivity contribution is 5.98. The van der Waals surface area contributed by atoms with E-state index >= 15 is 0 Å². The third kappa shape index (κ3) is 4.00. The van der Waals surface area contributed by atoms with Crippen LogP contribution in [0, 0.1) is 11.7 Å². The summed E-state index contributed by atoms with van der Waals surface area (Å²) >= 11 is 0. The Morgan fingerprint density at radius 2 is 2.17 bits per heavy atom. The van der Waals surface area contributed by atoms with Gasteiger partial charge in [-0.05, 0) is 30.7 Å². The molecule has 0 heterocycles. The van der Waals surface area contributed by atoms with Gasteiger partial charge in [-0.25, -0.2) is 4.39 Å². The lowest BCUT2D eigenvalue weighted by Gasteiger charge is -2.20. The van der Waals surface area contributed by atoms with E-state index in [0.29, 0.717) is 18.0 Å². The zero-order valence-electron chi connectivity index (χ0n) is 11.0. The van der Waals surface area contributed by atoms with Gasteiger partial charge in [0.25, 0.3) is 0 Å². The molecule has 100 valence electrons. The van der Waals surface area contributed by atoms with Crippen LogP contribution in [0.2, 0.25) is 0 Å². The maximum absolute atomic E-state index is 13.2. The molecule has 0 unspecified atom stereocenters. The fraction of sp³-hybridized carbons (Fsp3) is 0.462. The van der Waals surface area contributed by atoms with Gasteiger partial charge < -0.3 is 15.8 Å². The van der Waals surface area contributed by atoms with E-state index < -0.39 is 5.82 Å². The van der Waals surface area contributed by atoms with E-state index in [0.717, 1.165) is 12.1 Å². The lowest BCUT2D eigenvalue weighted by atomic mass is 10.1. The minimum atomic E-state index is -0.396. The van der Waals surface area contributed by atoms with E-state index in [1.54, 1.807) is 6.07 Å². The van der Waals surface area contributed by atoms with Crippen LogP contribution in [-0.4, -0.2) is 29.5 Å². The van der Waals surface area contributed by atoms with Gasteiger partial charge in [0, 0.05) is 18.7 Å². The van der Waals surface area contributed by atoms with Crippen LogP contribution in [0.1, 0.15) is 25.0 Å². The molecule has 0 aromatic heterocycles. The van der Waals surface area contributed by atoms with Crippen molar-refractivity contribution >= 4 is 5.84 Å². The van der Waals surface area contributed by atoms with Crippen LogP contribution in [0.3, 0.4) is 0 Å². The fourth-order valence-corrected chi connectivity index (χ4v) is 1.96. The minimum absolute atomic E-state index is 0.0672. The van der Waals surface area contributed by atoms with Crippen LogP contribution >= 0.6 is 0 Å².